The van der Waals surface area contributed by atoms with Crippen molar-refractivity contribution in [3.63, 3.8) is 0 Å². The third kappa shape index (κ3) is 3.08. The number of piperidine rings is 1. The smallest absolute Gasteiger partial charge is 0.125 e. The molecule has 1 aliphatic rings. The van der Waals surface area contributed by atoms with Crippen LogP contribution in [0, 0.1) is 11.2 Å². The van der Waals surface area contributed by atoms with Gasteiger partial charge < -0.3 is 10.6 Å². The molecule has 2 N–H and O–H groups in total. The predicted octanol–water partition coefficient (Wildman–Crippen LogP) is 3.69. The first kappa shape index (κ1) is 14.3. The summed E-state index contributed by atoms with van der Waals surface area (Å²) < 4.78 is 13.6. The highest BCUT2D eigenvalue weighted by Crippen LogP contribution is 2.39. The second-order valence-corrected chi connectivity index (χ2v) is 5.72. The zero-order valence-electron chi connectivity index (χ0n) is 12.1. The van der Waals surface area contributed by atoms with Crippen LogP contribution in [0.15, 0.2) is 18.2 Å². The summed E-state index contributed by atoms with van der Waals surface area (Å²) in [7, 11) is 0. The van der Waals surface area contributed by atoms with E-state index in [0.29, 0.717) is 12.0 Å². The Labute approximate surface area is 115 Å². The number of rotatable bonds is 4. The van der Waals surface area contributed by atoms with Crippen LogP contribution in [-0.4, -0.2) is 13.1 Å². The van der Waals surface area contributed by atoms with Crippen LogP contribution >= 0.6 is 0 Å². The fourth-order valence-electron chi connectivity index (χ4n) is 3.13. The number of hydrogen-bond donors (Lipinski definition) is 1. The van der Waals surface area contributed by atoms with Crippen LogP contribution in [0.3, 0.4) is 0 Å². The molecule has 0 unspecified atom stereocenters. The lowest BCUT2D eigenvalue weighted by Crippen LogP contribution is -2.39. The Balaban J connectivity index is 2.11. The van der Waals surface area contributed by atoms with E-state index in [0.717, 1.165) is 24.3 Å². The molecule has 1 fully saturated rings. The summed E-state index contributed by atoms with van der Waals surface area (Å²) >= 11 is 0. The number of benzene rings is 1. The lowest BCUT2D eigenvalue weighted by molar-refractivity contribution is 0.199. The van der Waals surface area contributed by atoms with Gasteiger partial charge in [-0.1, -0.05) is 26.7 Å². The van der Waals surface area contributed by atoms with Crippen molar-refractivity contribution in [3.05, 3.63) is 29.6 Å². The summed E-state index contributed by atoms with van der Waals surface area (Å²) in [6, 6.07) is 5.17. The van der Waals surface area contributed by atoms with Gasteiger partial charge in [0.25, 0.3) is 0 Å². The fraction of sp³-hybridized carbons (Fsp3) is 0.625. The minimum Gasteiger partial charge on any atom is -0.371 e. The van der Waals surface area contributed by atoms with E-state index in [4.69, 9.17) is 5.73 Å². The molecule has 106 valence electrons. The van der Waals surface area contributed by atoms with E-state index in [9.17, 15) is 4.39 Å². The Morgan fingerprint density at radius 3 is 2.32 bits per heavy atom. The van der Waals surface area contributed by atoms with Crippen molar-refractivity contribution in [2.24, 2.45) is 11.1 Å². The van der Waals surface area contributed by atoms with E-state index in [1.54, 1.807) is 6.07 Å². The molecule has 0 aliphatic carbocycles. The Kier molecular flexibility index (Phi) is 4.46. The molecule has 2 rings (SSSR count). The van der Waals surface area contributed by atoms with Gasteiger partial charge >= 0.3 is 0 Å². The number of nitrogens with zero attached hydrogens (tertiary/aromatic N) is 1. The van der Waals surface area contributed by atoms with Gasteiger partial charge in [-0.3, -0.25) is 0 Å². The molecule has 0 amide bonds. The fourth-order valence-corrected chi connectivity index (χ4v) is 3.13. The third-order valence-electron chi connectivity index (χ3n) is 4.87. The average molecular weight is 264 g/mol. The lowest BCUT2D eigenvalue weighted by atomic mass is 9.74. The van der Waals surface area contributed by atoms with Crippen molar-refractivity contribution in [2.45, 2.75) is 46.1 Å². The maximum atomic E-state index is 13.6. The molecule has 19 heavy (non-hydrogen) atoms. The average Bonchev–Trinajstić information content (AvgIpc) is 2.46. The Hall–Kier alpha value is -1.09. The minimum absolute atomic E-state index is 0.180. The number of halogens is 1. The molecule has 0 bridgehead atoms. The summed E-state index contributed by atoms with van der Waals surface area (Å²) in [5, 5.41) is 0. The molecule has 2 nitrogen and oxygen atoms in total. The van der Waals surface area contributed by atoms with Gasteiger partial charge in [0.1, 0.15) is 5.82 Å². The quantitative estimate of drug-likeness (QED) is 0.898. The highest BCUT2D eigenvalue weighted by Gasteiger charge is 2.31. The van der Waals surface area contributed by atoms with Crippen LogP contribution in [0.5, 0.6) is 0 Å². The second-order valence-electron chi connectivity index (χ2n) is 5.72. The maximum Gasteiger partial charge on any atom is 0.125 e. The zero-order chi connectivity index (χ0) is 13.9. The van der Waals surface area contributed by atoms with E-state index in [1.165, 1.54) is 31.7 Å². The molecule has 0 atom stereocenters. The summed E-state index contributed by atoms with van der Waals surface area (Å²) in [4.78, 5) is 2.30. The van der Waals surface area contributed by atoms with Crippen molar-refractivity contribution in [1.82, 2.24) is 0 Å². The molecule has 1 aliphatic heterocycles. The van der Waals surface area contributed by atoms with Gasteiger partial charge in [-0.25, -0.2) is 4.39 Å². The highest BCUT2D eigenvalue weighted by atomic mass is 19.1. The molecule has 3 heteroatoms. The Bertz CT molecular complexity index is 417. The molecule has 1 aromatic rings. The zero-order valence-corrected chi connectivity index (χ0v) is 12.1. The van der Waals surface area contributed by atoms with E-state index < -0.39 is 0 Å². The van der Waals surface area contributed by atoms with E-state index in [1.807, 2.05) is 6.07 Å². The lowest BCUT2D eigenvalue weighted by Gasteiger charge is -2.42. The normalized spacial score (nSPS) is 18.6. The van der Waals surface area contributed by atoms with Crippen molar-refractivity contribution < 1.29 is 4.39 Å². The summed E-state index contributed by atoms with van der Waals surface area (Å²) in [6.07, 6.45) is 4.89. The summed E-state index contributed by atoms with van der Waals surface area (Å²) in [6.45, 7) is 7.01. The Morgan fingerprint density at radius 2 is 1.79 bits per heavy atom. The molecule has 0 radical (unpaired) electrons. The van der Waals surface area contributed by atoms with Gasteiger partial charge in [0.15, 0.2) is 0 Å². The first-order valence-corrected chi connectivity index (χ1v) is 7.37. The van der Waals surface area contributed by atoms with Crippen LogP contribution in [-0.2, 0) is 6.54 Å². The largest absolute Gasteiger partial charge is 0.371 e. The molecule has 1 aromatic carbocycles. The van der Waals surface area contributed by atoms with Crippen molar-refractivity contribution in [1.29, 1.82) is 0 Å². The van der Waals surface area contributed by atoms with Gasteiger partial charge in [-0.15, -0.1) is 0 Å². The van der Waals surface area contributed by atoms with Crippen LogP contribution in [0.2, 0.25) is 0 Å². The van der Waals surface area contributed by atoms with Crippen LogP contribution in [0.25, 0.3) is 0 Å². The monoisotopic (exact) mass is 264 g/mol. The number of anilines is 1. The van der Waals surface area contributed by atoms with E-state index >= 15 is 0 Å². The summed E-state index contributed by atoms with van der Waals surface area (Å²) in [5.41, 5.74) is 7.98. The van der Waals surface area contributed by atoms with Gasteiger partial charge in [-0.2, -0.15) is 0 Å². The van der Waals surface area contributed by atoms with E-state index in [-0.39, 0.29) is 5.82 Å². The van der Waals surface area contributed by atoms with Crippen LogP contribution in [0.1, 0.15) is 45.1 Å². The number of hydrogen-bond acceptors (Lipinski definition) is 2. The first-order chi connectivity index (χ1) is 9.12. The molecule has 1 saturated heterocycles. The first-order valence-electron chi connectivity index (χ1n) is 7.37. The van der Waals surface area contributed by atoms with Crippen LogP contribution in [0.4, 0.5) is 10.1 Å². The SMILES string of the molecule is CCC1(CC)CCN(c2cc(F)cc(CN)c2)CC1. The van der Waals surface area contributed by atoms with Crippen LogP contribution < -0.4 is 10.6 Å². The van der Waals surface area contributed by atoms with Gasteiger partial charge in [-0.05, 0) is 42.0 Å². The molecule has 0 spiro atoms. The topological polar surface area (TPSA) is 29.3 Å². The molecule has 0 aromatic heterocycles. The maximum absolute atomic E-state index is 13.6. The predicted molar refractivity (Wildman–Crippen MR) is 78.8 cm³/mol. The third-order valence-corrected chi connectivity index (χ3v) is 4.87. The van der Waals surface area contributed by atoms with Crippen molar-refractivity contribution in [3.8, 4) is 0 Å². The summed E-state index contributed by atoms with van der Waals surface area (Å²) in [5.74, 6) is -0.180. The van der Waals surface area contributed by atoms with E-state index in [2.05, 4.69) is 18.7 Å². The number of nitrogens with two attached hydrogens (primary N) is 1. The van der Waals surface area contributed by atoms with Crippen molar-refractivity contribution >= 4 is 5.69 Å². The van der Waals surface area contributed by atoms with Gasteiger partial charge in [0, 0.05) is 25.3 Å². The minimum atomic E-state index is -0.180. The molecular weight excluding hydrogens is 239 g/mol. The second kappa shape index (κ2) is 5.91. The van der Waals surface area contributed by atoms with Gasteiger partial charge in [0.05, 0.1) is 0 Å². The standard InChI is InChI=1S/C16H25FN2/c1-3-16(4-2)5-7-19(8-6-16)15-10-13(12-18)9-14(17)11-15/h9-11H,3-8,12,18H2,1-2H3. The molecule has 0 saturated carbocycles. The molecule has 1 heterocycles. The van der Waals surface area contributed by atoms with Crippen molar-refractivity contribution in [2.75, 3.05) is 18.0 Å². The Morgan fingerprint density at radius 1 is 1.16 bits per heavy atom. The highest BCUT2D eigenvalue weighted by molar-refractivity contribution is 5.49. The van der Waals surface area contributed by atoms with Gasteiger partial charge in [0.2, 0.25) is 0 Å². The molecular formula is C16H25FN2.